The fourth-order valence-electron chi connectivity index (χ4n) is 3.73. The maximum Gasteiger partial charge on any atom is 0.232 e. The number of rotatable bonds is 5. The number of aromatic nitrogens is 3. The second kappa shape index (κ2) is 7.23. The van der Waals surface area contributed by atoms with Crippen LogP contribution in [0.25, 0.3) is 10.9 Å². The molecule has 0 atom stereocenters. The third-order valence-electron chi connectivity index (χ3n) is 5.07. The minimum absolute atomic E-state index is 0.507. The Morgan fingerprint density at radius 1 is 1.08 bits per heavy atom. The van der Waals surface area contributed by atoms with Crippen molar-refractivity contribution in [3.8, 4) is 5.88 Å². The third-order valence-corrected chi connectivity index (χ3v) is 5.07. The Bertz CT molecular complexity index is 838. The van der Waals surface area contributed by atoms with Crippen LogP contribution in [0.15, 0.2) is 42.9 Å². The molecule has 0 amide bonds. The van der Waals surface area contributed by atoms with E-state index in [1.165, 1.54) is 54.5 Å². The molecule has 1 aliphatic rings. The van der Waals surface area contributed by atoms with Gasteiger partial charge in [0.15, 0.2) is 0 Å². The highest BCUT2D eigenvalue weighted by Gasteiger charge is 2.19. The van der Waals surface area contributed by atoms with Gasteiger partial charge in [-0.2, -0.15) is 0 Å². The van der Waals surface area contributed by atoms with Crippen LogP contribution in [0.2, 0.25) is 0 Å². The lowest BCUT2D eigenvalue weighted by atomic mass is 10.1. The summed E-state index contributed by atoms with van der Waals surface area (Å²) in [6.07, 6.45) is 8.94. The molecule has 3 heterocycles. The van der Waals surface area contributed by atoms with Crippen molar-refractivity contribution in [2.75, 3.05) is 13.1 Å². The number of nitrogens with zero attached hydrogens (tertiary/aromatic N) is 4. The Labute approximate surface area is 148 Å². The number of hydrogen-bond acceptors (Lipinski definition) is 4. The minimum Gasteiger partial charge on any atom is -0.470 e. The first-order chi connectivity index (χ1) is 12.3. The molecule has 0 N–H and O–H groups in total. The molecule has 1 fully saturated rings. The molecule has 3 aromatic rings. The van der Waals surface area contributed by atoms with Crippen LogP contribution in [-0.2, 0) is 20.2 Å². The fraction of sp³-hybridized carbons (Fsp3) is 0.400. The quantitative estimate of drug-likeness (QED) is 0.715. The molecule has 0 unspecified atom stereocenters. The van der Waals surface area contributed by atoms with Crippen molar-refractivity contribution in [1.82, 2.24) is 19.4 Å². The molecule has 1 saturated heterocycles. The van der Waals surface area contributed by atoms with Gasteiger partial charge in [-0.3, -0.25) is 9.88 Å². The number of fused-ring (bicyclic) bond motifs is 1. The molecule has 0 bridgehead atoms. The van der Waals surface area contributed by atoms with E-state index in [1.54, 1.807) is 18.6 Å². The fourth-order valence-corrected chi connectivity index (χ4v) is 3.73. The summed E-state index contributed by atoms with van der Waals surface area (Å²) < 4.78 is 8.17. The van der Waals surface area contributed by atoms with Gasteiger partial charge in [0, 0.05) is 36.9 Å². The van der Waals surface area contributed by atoms with Crippen molar-refractivity contribution in [2.45, 2.75) is 32.4 Å². The summed E-state index contributed by atoms with van der Waals surface area (Å²) >= 11 is 0. The van der Waals surface area contributed by atoms with Gasteiger partial charge in [-0.15, -0.1) is 0 Å². The van der Waals surface area contributed by atoms with Crippen LogP contribution in [0.3, 0.4) is 0 Å². The molecule has 5 nitrogen and oxygen atoms in total. The van der Waals surface area contributed by atoms with E-state index in [4.69, 9.17) is 4.74 Å². The lowest BCUT2D eigenvalue weighted by molar-refractivity contribution is 0.218. The zero-order chi connectivity index (χ0) is 17.1. The normalized spacial score (nSPS) is 15.6. The number of ether oxygens (including phenoxy) is 1. The molecule has 5 heteroatoms. The molecule has 0 aliphatic carbocycles. The third kappa shape index (κ3) is 3.37. The van der Waals surface area contributed by atoms with Crippen molar-refractivity contribution in [3.05, 3.63) is 54.1 Å². The van der Waals surface area contributed by atoms with Crippen LogP contribution in [0.4, 0.5) is 0 Å². The predicted octanol–water partition coefficient (Wildman–Crippen LogP) is 3.53. The zero-order valence-electron chi connectivity index (χ0n) is 14.7. The largest absolute Gasteiger partial charge is 0.470 e. The van der Waals surface area contributed by atoms with Crippen LogP contribution in [0.5, 0.6) is 5.88 Å². The Morgan fingerprint density at radius 3 is 2.72 bits per heavy atom. The Kier molecular flexibility index (Phi) is 4.65. The number of likely N-dealkylation sites (tertiary alicyclic amines) is 1. The van der Waals surface area contributed by atoms with Gasteiger partial charge in [-0.1, -0.05) is 24.6 Å². The highest BCUT2D eigenvalue weighted by atomic mass is 16.5. The predicted molar refractivity (Wildman–Crippen MR) is 98.4 cm³/mol. The van der Waals surface area contributed by atoms with Crippen LogP contribution in [0.1, 0.15) is 30.5 Å². The molecular formula is C20H24N4O. The standard InChI is InChI=1S/C20H24N4O/c1-23-18-8-4-3-7-16(18)17(14-24-11-5-2-6-12-24)19(23)15-25-20-13-21-9-10-22-20/h3-4,7-10,13H,2,5-6,11-12,14-15H2,1H3. The topological polar surface area (TPSA) is 43.2 Å². The van der Waals surface area contributed by atoms with E-state index in [9.17, 15) is 0 Å². The number of hydrogen-bond donors (Lipinski definition) is 0. The van der Waals surface area contributed by atoms with Crippen LogP contribution >= 0.6 is 0 Å². The van der Waals surface area contributed by atoms with E-state index in [1.807, 2.05) is 0 Å². The van der Waals surface area contributed by atoms with Gasteiger partial charge in [0.2, 0.25) is 5.88 Å². The number of piperidine rings is 1. The average molecular weight is 336 g/mol. The lowest BCUT2D eigenvalue weighted by Crippen LogP contribution is -2.29. The summed E-state index contributed by atoms with van der Waals surface area (Å²) in [5.41, 5.74) is 3.86. The van der Waals surface area contributed by atoms with E-state index in [2.05, 4.69) is 50.7 Å². The molecule has 0 saturated carbocycles. The minimum atomic E-state index is 0.507. The first-order valence-corrected chi connectivity index (χ1v) is 8.99. The second-order valence-corrected chi connectivity index (χ2v) is 6.67. The number of aryl methyl sites for hydroxylation is 1. The van der Waals surface area contributed by atoms with Gasteiger partial charge in [-0.25, -0.2) is 4.98 Å². The summed E-state index contributed by atoms with van der Waals surface area (Å²) in [6, 6.07) is 8.62. The Morgan fingerprint density at radius 2 is 1.92 bits per heavy atom. The van der Waals surface area contributed by atoms with Crippen LogP contribution in [0, 0.1) is 0 Å². The summed E-state index contributed by atoms with van der Waals surface area (Å²) in [5.74, 6) is 0.566. The maximum absolute atomic E-state index is 5.92. The van der Waals surface area contributed by atoms with Gasteiger partial charge in [-0.05, 0) is 37.6 Å². The summed E-state index contributed by atoms with van der Waals surface area (Å²) in [7, 11) is 2.12. The van der Waals surface area contributed by atoms with Crippen molar-refractivity contribution in [2.24, 2.45) is 7.05 Å². The number of para-hydroxylation sites is 1. The van der Waals surface area contributed by atoms with E-state index < -0.39 is 0 Å². The molecule has 1 aromatic carbocycles. The molecule has 130 valence electrons. The molecular weight excluding hydrogens is 312 g/mol. The smallest absolute Gasteiger partial charge is 0.232 e. The maximum atomic E-state index is 5.92. The summed E-state index contributed by atoms with van der Waals surface area (Å²) in [5, 5.41) is 1.33. The van der Waals surface area contributed by atoms with Gasteiger partial charge in [0.25, 0.3) is 0 Å². The van der Waals surface area contributed by atoms with E-state index in [-0.39, 0.29) is 0 Å². The van der Waals surface area contributed by atoms with Gasteiger partial charge >= 0.3 is 0 Å². The van der Waals surface area contributed by atoms with E-state index in [0.29, 0.717) is 12.5 Å². The highest BCUT2D eigenvalue weighted by molar-refractivity contribution is 5.85. The monoisotopic (exact) mass is 336 g/mol. The van der Waals surface area contributed by atoms with Gasteiger partial charge in [0.05, 0.1) is 11.9 Å². The molecule has 4 rings (SSSR count). The molecule has 0 radical (unpaired) electrons. The van der Waals surface area contributed by atoms with Crippen LogP contribution < -0.4 is 4.74 Å². The first-order valence-electron chi connectivity index (χ1n) is 8.99. The second-order valence-electron chi connectivity index (χ2n) is 6.67. The average Bonchev–Trinajstić information content (AvgIpc) is 2.94. The number of benzene rings is 1. The SMILES string of the molecule is Cn1c(COc2cnccn2)c(CN2CCCCC2)c2ccccc21. The molecule has 0 spiro atoms. The summed E-state index contributed by atoms with van der Waals surface area (Å²) in [6.45, 7) is 3.87. The zero-order valence-corrected chi connectivity index (χ0v) is 14.7. The van der Waals surface area contributed by atoms with Crippen molar-refractivity contribution in [1.29, 1.82) is 0 Å². The van der Waals surface area contributed by atoms with E-state index in [0.717, 1.165) is 6.54 Å². The molecule has 2 aromatic heterocycles. The Hall–Kier alpha value is -2.40. The first kappa shape index (κ1) is 16.1. The van der Waals surface area contributed by atoms with Crippen molar-refractivity contribution in [3.63, 3.8) is 0 Å². The Balaban J connectivity index is 1.65. The lowest BCUT2D eigenvalue weighted by Gasteiger charge is -2.26. The van der Waals surface area contributed by atoms with Gasteiger partial charge in [0.1, 0.15) is 6.61 Å². The summed E-state index contributed by atoms with van der Waals surface area (Å²) in [4.78, 5) is 10.9. The van der Waals surface area contributed by atoms with Crippen molar-refractivity contribution < 1.29 is 4.74 Å². The van der Waals surface area contributed by atoms with E-state index >= 15 is 0 Å². The van der Waals surface area contributed by atoms with Crippen LogP contribution in [-0.4, -0.2) is 32.5 Å². The van der Waals surface area contributed by atoms with Gasteiger partial charge < -0.3 is 9.30 Å². The van der Waals surface area contributed by atoms with Crippen molar-refractivity contribution >= 4 is 10.9 Å². The highest BCUT2D eigenvalue weighted by Crippen LogP contribution is 2.28. The molecule has 1 aliphatic heterocycles. The molecule has 25 heavy (non-hydrogen) atoms.